The first kappa shape index (κ1) is 15.8. The molecule has 18 heavy (non-hydrogen) atoms. The maximum absolute atomic E-state index is 2.42. The van der Waals surface area contributed by atoms with Gasteiger partial charge in [0.15, 0.2) is 0 Å². The Morgan fingerprint density at radius 2 is 1.56 bits per heavy atom. The molecule has 1 atom stereocenters. The van der Waals surface area contributed by atoms with Gasteiger partial charge >= 0.3 is 0 Å². The largest absolute Gasteiger partial charge is 0.0882 e. The number of hydrogen-bond acceptors (Lipinski definition) is 0. The summed E-state index contributed by atoms with van der Waals surface area (Å²) >= 11 is 0. The van der Waals surface area contributed by atoms with Crippen molar-refractivity contribution in [3.05, 3.63) is 12.2 Å². The second-order valence-corrected chi connectivity index (χ2v) is 6.61. The second kappa shape index (κ2) is 9.64. The van der Waals surface area contributed by atoms with Gasteiger partial charge in [-0.25, -0.2) is 0 Å². The van der Waals surface area contributed by atoms with E-state index in [1.54, 1.807) is 0 Å². The van der Waals surface area contributed by atoms with E-state index in [-0.39, 0.29) is 0 Å². The average Bonchev–Trinajstić information content (AvgIpc) is 2.84. The molecule has 0 aromatic rings. The Balaban J connectivity index is 2.09. The average molecular weight is 250 g/mol. The molecule has 0 radical (unpaired) electrons. The van der Waals surface area contributed by atoms with Gasteiger partial charge < -0.3 is 0 Å². The Kier molecular flexibility index (Phi) is 8.46. The van der Waals surface area contributed by atoms with E-state index in [1.807, 2.05) is 0 Å². The predicted molar refractivity (Wildman–Crippen MR) is 82.8 cm³/mol. The van der Waals surface area contributed by atoms with Crippen LogP contribution in [0.15, 0.2) is 12.2 Å². The monoisotopic (exact) mass is 250 g/mol. The third-order valence-corrected chi connectivity index (χ3v) is 4.61. The van der Waals surface area contributed by atoms with E-state index < -0.39 is 0 Å². The molecule has 0 bridgehead atoms. The van der Waals surface area contributed by atoms with Crippen LogP contribution in [-0.2, 0) is 0 Å². The summed E-state index contributed by atoms with van der Waals surface area (Å²) < 4.78 is 0. The molecule has 0 N–H and O–H groups in total. The molecular formula is C18H34. The lowest BCUT2D eigenvalue weighted by molar-refractivity contribution is 0.277. The molecule has 0 saturated heterocycles. The van der Waals surface area contributed by atoms with Gasteiger partial charge in [-0.05, 0) is 37.0 Å². The van der Waals surface area contributed by atoms with E-state index in [0.29, 0.717) is 0 Å². The standard InChI is InChI=1S/C18H34/c1-4-5-6-7-8-9-14-18(16(2)3)15-17-12-10-11-13-17/h10-11,16-18H,4-9,12-15H2,1-3H3. The third kappa shape index (κ3) is 6.61. The molecule has 106 valence electrons. The minimum Gasteiger partial charge on any atom is -0.0882 e. The van der Waals surface area contributed by atoms with Gasteiger partial charge in [0.1, 0.15) is 0 Å². The molecule has 0 aromatic heterocycles. The molecule has 0 fully saturated rings. The molecule has 0 spiro atoms. The molecule has 0 aromatic carbocycles. The SMILES string of the molecule is CCCCCCCCC(CC1CC=CC1)C(C)C. The quantitative estimate of drug-likeness (QED) is 0.312. The van der Waals surface area contributed by atoms with Crippen molar-refractivity contribution in [2.24, 2.45) is 17.8 Å². The summed E-state index contributed by atoms with van der Waals surface area (Å²) in [6.07, 6.45) is 19.0. The Labute approximate surface area is 115 Å². The van der Waals surface area contributed by atoms with Crippen molar-refractivity contribution in [1.82, 2.24) is 0 Å². The highest BCUT2D eigenvalue weighted by molar-refractivity contribution is 4.94. The lowest BCUT2D eigenvalue weighted by atomic mass is 9.82. The first-order valence-corrected chi connectivity index (χ1v) is 8.39. The van der Waals surface area contributed by atoms with Gasteiger partial charge in [-0.1, -0.05) is 77.9 Å². The van der Waals surface area contributed by atoms with Gasteiger partial charge in [-0.15, -0.1) is 0 Å². The molecule has 0 heteroatoms. The van der Waals surface area contributed by atoms with Crippen LogP contribution in [0.4, 0.5) is 0 Å². The predicted octanol–water partition coefficient (Wildman–Crippen LogP) is 6.37. The number of rotatable bonds is 10. The van der Waals surface area contributed by atoms with E-state index >= 15 is 0 Å². The number of hydrogen-bond donors (Lipinski definition) is 0. The van der Waals surface area contributed by atoms with Crippen LogP contribution in [0.2, 0.25) is 0 Å². The van der Waals surface area contributed by atoms with Gasteiger partial charge in [0.05, 0.1) is 0 Å². The molecule has 1 aliphatic rings. The van der Waals surface area contributed by atoms with Crippen LogP contribution in [-0.4, -0.2) is 0 Å². The summed E-state index contributed by atoms with van der Waals surface area (Å²) in [6, 6.07) is 0. The van der Waals surface area contributed by atoms with E-state index in [2.05, 4.69) is 32.9 Å². The highest BCUT2D eigenvalue weighted by atomic mass is 14.2. The summed E-state index contributed by atoms with van der Waals surface area (Å²) in [7, 11) is 0. The van der Waals surface area contributed by atoms with E-state index in [1.165, 1.54) is 64.2 Å². The van der Waals surface area contributed by atoms with Crippen LogP contribution in [0.3, 0.4) is 0 Å². The van der Waals surface area contributed by atoms with Crippen molar-refractivity contribution in [3.8, 4) is 0 Å². The third-order valence-electron chi connectivity index (χ3n) is 4.61. The van der Waals surface area contributed by atoms with Gasteiger partial charge in [0.2, 0.25) is 0 Å². The minimum absolute atomic E-state index is 0.876. The van der Waals surface area contributed by atoms with Crippen LogP contribution < -0.4 is 0 Å². The highest BCUT2D eigenvalue weighted by Crippen LogP contribution is 2.31. The Bertz CT molecular complexity index is 206. The molecule has 0 heterocycles. The topological polar surface area (TPSA) is 0 Å². The van der Waals surface area contributed by atoms with Crippen molar-refractivity contribution < 1.29 is 0 Å². The Morgan fingerprint density at radius 3 is 2.17 bits per heavy atom. The first-order chi connectivity index (χ1) is 8.74. The van der Waals surface area contributed by atoms with E-state index in [0.717, 1.165) is 17.8 Å². The number of unbranched alkanes of at least 4 members (excludes halogenated alkanes) is 5. The van der Waals surface area contributed by atoms with Crippen molar-refractivity contribution >= 4 is 0 Å². The second-order valence-electron chi connectivity index (χ2n) is 6.61. The first-order valence-electron chi connectivity index (χ1n) is 8.39. The maximum atomic E-state index is 2.42. The van der Waals surface area contributed by atoms with Crippen LogP contribution >= 0.6 is 0 Å². The normalized spacial score (nSPS) is 17.8. The fourth-order valence-corrected chi connectivity index (χ4v) is 3.20. The molecule has 1 aliphatic carbocycles. The van der Waals surface area contributed by atoms with Crippen LogP contribution in [0.25, 0.3) is 0 Å². The Morgan fingerprint density at radius 1 is 0.944 bits per heavy atom. The van der Waals surface area contributed by atoms with E-state index in [4.69, 9.17) is 0 Å². The lowest BCUT2D eigenvalue weighted by Crippen LogP contribution is -2.13. The van der Waals surface area contributed by atoms with Gasteiger partial charge in [-0.3, -0.25) is 0 Å². The van der Waals surface area contributed by atoms with E-state index in [9.17, 15) is 0 Å². The smallest absolute Gasteiger partial charge is 0.0319 e. The molecule has 0 saturated carbocycles. The minimum atomic E-state index is 0.876. The van der Waals surface area contributed by atoms with Crippen LogP contribution in [0.1, 0.15) is 85.0 Å². The Hall–Kier alpha value is -0.260. The fourth-order valence-electron chi connectivity index (χ4n) is 3.20. The van der Waals surface area contributed by atoms with Gasteiger partial charge in [-0.2, -0.15) is 0 Å². The van der Waals surface area contributed by atoms with Crippen molar-refractivity contribution in [3.63, 3.8) is 0 Å². The van der Waals surface area contributed by atoms with Crippen molar-refractivity contribution in [2.75, 3.05) is 0 Å². The molecule has 1 unspecified atom stereocenters. The molecular weight excluding hydrogens is 216 g/mol. The zero-order valence-corrected chi connectivity index (χ0v) is 13.0. The molecule has 0 aliphatic heterocycles. The zero-order chi connectivity index (χ0) is 13.2. The van der Waals surface area contributed by atoms with Gasteiger partial charge in [0, 0.05) is 0 Å². The van der Waals surface area contributed by atoms with Crippen LogP contribution in [0.5, 0.6) is 0 Å². The number of allylic oxidation sites excluding steroid dienone is 2. The summed E-state index contributed by atoms with van der Waals surface area (Å²) in [5.41, 5.74) is 0. The van der Waals surface area contributed by atoms with Crippen molar-refractivity contribution in [2.45, 2.75) is 85.0 Å². The molecule has 0 amide bonds. The zero-order valence-electron chi connectivity index (χ0n) is 13.0. The fraction of sp³-hybridized carbons (Fsp3) is 0.889. The summed E-state index contributed by atoms with van der Waals surface area (Å²) in [4.78, 5) is 0. The summed E-state index contributed by atoms with van der Waals surface area (Å²) in [5.74, 6) is 2.82. The summed E-state index contributed by atoms with van der Waals surface area (Å²) in [6.45, 7) is 7.14. The summed E-state index contributed by atoms with van der Waals surface area (Å²) in [5, 5.41) is 0. The maximum Gasteiger partial charge on any atom is -0.0319 e. The van der Waals surface area contributed by atoms with Crippen molar-refractivity contribution in [1.29, 1.82) is 0 Å². The highest BCUT2D eigenvalue weighted by Gasteiger charge is 2.19. The van der Waals surface area contributed by atoms with Gasteiger partial charge in [0.25, 0.3) is 0 Å². The van der Waals surface area contributed by atoms with Crippen LogP contribution in [0, 0.1) is 17.8 Å². The lowest BCUT2D eigenvalue weighted by Gasteiger charge is -2.24. The molecule has 0 nitrogen and oxygen atoms in total. The molecule has 1 rings (SSSR count).